The molecule has 1 fully saturated rings. The maximum absolute atomic E-state index is 12.4. The standard InChI is InChI=1S/C22H26N2O2S/c1-7-10-23-20(25)19(27-21(23)26)12-16-8-9-18-17(11-16)15(4)13-22(5,6)24(18)14(2)3/h1,8-9,11-12,14-15H,10,13H2,2-6H3/b19-12-/t15-/m1/s1. The summed E-state index contributed by atoms with van der Waals surface area (Å²) in [6.07, 6.45) is 8.12. The predicted octanol–water partition coefficient (Wildman–Crippen LogP) is 4.86. The molecule has 1 atom stereocenters. The van der Waals surface area contributed by atoms with Gasteiger partial charge in [-0.15, -0.1) is 6.42 Å². The van der Waals surface area contributed by atoms with Gasteiger partial charge >= 0.3 is 0 Å². The van der Waals surface area contributed by atoms with Crippen LogP contribution in [0.2, 0.25) is 0 Å². The number of hydrogen-bond acceptors (Lipinski definition) is 4. The van der Waals surface area contributed by atoms with E-state index in [9.17, 15) is 9.59 Å². The van der Waals surface area contributed by atoms with Crippen LogP contribution in [-0.4, -0.2) is 34.2 Å². The third-order valence-corrected chi connectivity index (χ3v) is 6.14. The largest absolute Gasteiger partial charge is 0.364 e. The summed E-state index contributed by atoms with van der Waals surface area (Å²) in [6.45, 7) is 11.3. The van der Waals surface area contributed by atoms with Gasteiger partial charge in [-0.1, -0.05) is 18.9 Å². The zero-order chi connectivity index (χ0) is 19.9. The van der Waals surface area contributed by atoms with E-state index in [0.29, 0.717) is 16.9 Å². The number of benzene rings is 1. The van der Waals surface area contributed by atoms with Crippen LogP contribution >= 0.6 is 11.8 Å². The second-order valence-electron chi connectivity index (χ2n) is 8.17. The maximum Gasteiger partial charge on any atom is 0.294 e. The van der Waals surface area contributed by atoms with Crippen LogP contribution in [0.5, 0.6) is 0 Å². The first kappa shape index (κ1) is 19.6. The Morgan fingerprint density at radius 2 is 2.07 bits per heavy atom. The van der Waals surface area contributed by atoms with Crippen LogP contribution in [0.3, 0.4) is 0 Å². The minimum Gasteiger partial charge on any atom is -0.364 e. The molecule has 0 aromatic heterocycles. The minimum absolute atomic E-state index is 0.0155. The topological polar surface area (TPSA) is 40.6 Å². The van der Waals surface area contributed by atoms with E-state index in [1.165, 1.54) is 11.3 Å². The van der Waals surface area contributed by atoms with Crippen LogP contribution < -0.4 is 4.90 Å². The van der Waals surface area contributed by atoms with Crippen molar-refractivity contribution in [3.63, 3.8) is 0 Å². The number of anilines is 1. The maximum atomic E-state index is 12.4. The van der Waals surface area contributed by atoms with E-state index in [-0.39, 0.29) is 23.2 Å². The Morgan fingerprint density at radius 1 is 1.37 bits per heavy atom. The first-order valence-corrected chi connectivity index (χ1v) is 10.1. The number of carbonyl (C=O) groups excluding carboxylic acids is 2. The lowest BCUT2D eigenvalue weighted by atomic mass is 9.79. The number of thioether (sulfide) groups is 1. The molecular formula is C22H26N2O2S. The first-order chi connectivity index (χ1) is 12.7. The zero-order valence-electron chi connectivity index (χ0n) is 16.6. The lowest BCUT2D eigenvalue weighted by molar-refractivity contribution is -0.122. The van der Waals surface area contributed by atoms with Gasteiger partial charge in [0.2, 0.25) is 0 Å². The summed E-state index contributed by atoms with van der Waals surface area (Å²) in [5.41, 5.74) is 3.58. The number of hydrogen-bond donors (Lipinski definition) is 0. The summed E-state index contributed by atoms with van der Waals surface area (Å²) in [5.74, 6) is 2.48. The number of amides is 2. The Kier molecular flexibility index (Phi) is 5.14. The van der Waals surface area contributed by atoms with Crippen LogP contribution in [0.15, 0.2) is 23.1 Å². The predicted molar refractivity (Wildman–Crippen MR) is 113 cm³/mol. The SMILES string of the molecule is C#CCN1C(=O)S/C(=C\c2ccc3c(c2)[C@H](C)CC(C)(C)N3C(C)C)C1=O. The summed E-state index contributed by atoms with van der Waals surface area (Å²) in [5, 5.41) is -0.303. The summed E-state index contributed by atoms with van der Waals surface area (Å²) in [4.78, 5) is 28.4. The fraction of sp³-hybridized carbons (Fsp3) is 0.455. The number of rotatable bonds is 3. The van der Waals surface area contributed by atoms with E-state index < -0.39 is 0 Å². The summed E-state index contributed by atoms with van der Waals surface area (Å²) < 4.78 is 0. The molecule has 0 bridgehead atoms. The highest BCUT2D eigenvalue weighted by Gasteiger charge is 2.38. The smallest absolute Gasteiger partial charge is 0.294 e. The molecule has 2 aliphatic rings. The molecule has 1 aromatic rings. The van der Waals surface area contributed by atoms with E-state index >= 15 is 0 Å². The summed E-state index contributed by atoms with van der Waals surface area (Å²) >= 11 is 0.953. The van der Waals surface area contributed by atoms with Gasteiger partial charge in [0.25, 0.3) is 11.1 Å². The van der Waals surface area contributed by atoms with Crippen molar-refractivity contribution >= 4 is 34.7 Å². The van der Waals surface area contributed by atoms with Crippen molar-refractivity contribution in [2.45, 2.75) is 58.5 Å². The molecule has 2 heterocycles. The highest BCUT2D eigenvalue weighted by molar-refractivity contribution is 8.18. The second kappa shape index (κ2) is 7.09. The molecule has 1 saturated heterocycles. The van der Waals surface area contributed by atoms with E-state index in [1.54, 1.807) is 6.08 Å². The van der Waals surface area contributed by atoms with Crippen molar-refractivity contribution in [2.24, 2.45) is 0 Å². The van der Waals surface area contributed by atoms with Crippen LogP contribution in [0, 0.1) is 12.3 Å². The highest BCUT2D eigenvalue weighted by Crippen LogP contribution is 2.45. The monoisotopic (exact) mass is 382 g/mol. The molecule has 4 nitrogen and oxygen atoms in total. The number of imide groups is 1. The third kappa shape index (κ3) is 3.51. The van der Waals surface area contributed by atoms with Crippen LogP contribution in [0.1, 0.15) is 58.1 Å². The van der Waals surface area contributed by atoms with Crippen molar-refractivity contribution < 1.29 is 9.59 Å². The molecule has 5 heteroatoms. The molecular weight excluding hydrogens is 356 g/mol. The molecule has 0 saturated carbocycles. The highest BCUT2D eigenvalue weighted by atomic mass is 32.2. The molecule has 27 heavy (non-hydrogen) atoms. The lowest BCUT2D eigenvalue weighted by Crippen LogP contribution is -2.51. The summed E-state index contributed by atoms with van der Waals surface area (Å²) in [7, 11) is 0. The molecule has 0 N–H and O–H groups in total. The van der Waals surface area contributed by atoms with Crippen molar-refractivity contribution in [1.82, 2.24) is 4.90 Å². The average Bonchev–Trinajstić information content (AvgIpc) is 2.82. The Hall–Kier alpha value is -2.19. The minimum atomic E-state index is -0.307. The number of fused-ring (bicyclic) bond motifs is 1. The molecule has 1 aromatic carbocycles. The van der Waals surface area contributed by atoms with Gasteiger partial charge in [-0.2, -0.15) is 0 Å². The van der Waals surface area contributed by atoms with E-state index in [1.807, 2.05) is 6.07 Å². The van der Waals surface area contributed by atoms with Gasteiger partial charge in [-0.25, -0.2) is 0 Å². The second-order valence-corrected chi connectivity index (χ2v) is 9.16. The van der Waals surface area contributed by atoms with Crippen molar-refractivity contribution in [3.05, 3.63) is 34.2 Å². The Morgan fingerprint density at radius 3 is 2.70 bits per heavy atom. The van der Waals surface area contributed by atoms with E-state index in [2.05, 4.69) is 57.6 Å². The molecule has 0 spiro atoms. The van der Waals surface area contributed by atoms with Crippen molar-refractivity contribution in [2.75, 3.05) is 11.4 Å². The van der Waals surface area contributed by atoms with Gasteiger partial charge in [0.15, 0.2) is 0 Å². The molecule has 0 aliphatic carbocycles. The van der Waals surface area contributed by atoms with E-state index in [4.69, 9.17) is 6.42 Å². The van der Waals surface area contributed by atoms with Crippen LogP contribution in [0.4, 0.5) is 10.5 Å². The normalized spacial score (nSPS) is 23.1. The van der Waals surface area contributed by atoms with Crippen molar-refractivity contribution in [3.8, 4) is 12.3 Å². The van der Waals surface area contributed by atoms with Crippen LogP contribution in [-0.2, 0) is 4.79 Å². The van der Waals surface area contributed by atoms with E-state index in [0.717, 1.165) is 28.6 Å². The molecule has 0 unspecified atom stereocenters. The number of terminal acetylenes is 1. The molecule has 142 valence electrons. The van der Waals surface area contributed by atoms with Crippen LogP contribution in [0.25, 0.3) is 6.08 Å². The summed E-state index contributed by atoms with van der Waals surface area (Å²) in [6, 6.07) is 6.72. The third-order valence-electron chi connectivity index (χ3n) is 5.24. The Balaban J connectivity index is 1.98. The zero-order valence-corrected chi connectivity index (χ0v) is 17.4. The van der Waals surface area contributed by atoms with Crippen molar-refractivity contribution in [1.29, 1.82) is 0 Å². The van der Waals surface area contributed by atoms with Gasteiger partial charge < -0.3 is 4.90 Å². The fourth-order valence-corrected chi connectivity index (χ4v) is 5.25. The van der Waals surface area contributed by atoms with Gasteiger partial charge in [0, 0.05) is 17.3 Å². The van der Waals surface area contributed by atoms with Gasteiger partial charge in [-0.05, 0) is 81.1 Å². The van der Waals surface area contributed by atoms with Gasteiger partial charge in [0.05, 0.1) is 11.4 Å². The molecule has 3 rings (SSSR count). The number of nitrogens with zero attached hydrogens (tertiary/aromatic N) is 2. The lowest BCUT2D eigenvalue weighted by Gasteiger charge is -2.50. The average molecular weight is 383 g/mol. The van der Waals surface area contributed by atoms with Gasteiger partial charge in [-0.3, -0.25) is 14.5 Å². The molecule has 2 amide bonds. The Labute approximate surface area is 166 Å². The van der Waals surface area contributed by atoms with Gasteiger partial charge in [0.1, 0.15) is 0 Å². The fourth-order valence-electron chi connectivity index (χ4n) is 4.42. The Bertz CT molecular complexity index is 864. The molecule has 2 aliphatic heterocycles. The number of carbonyl (C=O) groups is 2. The molecule has 0 radical (unpaired) electrons. The first-order valence-electron chi connectivity index (χ1n) is 9.28. The quantitative estimate of drug-likeness (QED) is 0.553.